The fourth-order valence-corrected chi connectivity index (χ4v) is 1.99. The van der Waals surface area contributed by atoms with Crippen LogP contribution in [0.1, 0.15) is 32.0 Å². The highest BCUT2D eigenvalue weighted by Crippen LogP contribution is 2.20. The minimum atomic E-state index is -1.10. The van der Waals surface area contributed by atoms with Crippen molar-refractivity contribution in [2.75, 3.05) is 0 Å². The van der Waals surface area contributed by atoms with E-state index in [4.69, 9.17) is 0 Å². The van der Waals surface area contributed by atoms with Crippen molar-refractivity contribution < 1.29 is 0 Å². The predicted molar refractivity (Wildman–Crippen MR) is 75.3 cm³/mol. The summed E-state index contributed by atoms with van der Waals surface area (Å²) in [6, 6.07) is 4.29. The van der Waals surface area contributed by atoms with Crippen molar-refractivity contribution in [3.8, 4) is 0 Å². The van der Waals surface area contributed by atoms with Crippen molar-refractivity contribution >= 4 is 14.1 Å². The summed E-state index contributed by atoms with van der Waals surface area (Å²) in [6.07, 6.45) is 4.17. The molecule has 0 saturated heterocycles. The molecule has 0 radical (unpaired) electrons. The maximum atomic E-state index is 4.51. The fraction of sp³-hybridized carbons (Fsp3) is 0.500. The van der Waals surface area contributed by atoms with Gasteiger partial charge in [-0.1, -0.05) is 58.3 Å². The molecule has 0 spiro atoms. The molecular weight excluding hydrogens is 210 g/mol. The van der Waals surface area contributed by atoms with Crippen molar-refractivity contribution in [2.24, 2.45) is 0 Å². The lowest BCUT2D eigenvalue weighted by Gasteiger charge is -2.17. The topological polar surface area (TPSA) is 12.9 Å². The molecule has 1 heterocycles. The van der Waals surface area contributed by atoms with Gasteiger partial charge in [-0.2, -0.15) is 0 Å². The summed E-state index contributed by atoms with van der Waals surface area (Å²) in [6.45, 7) is 13.6. The first-order valence-electron chi connectivity index (χ1n) is 5.84. The first-order valence-corrected chi connectivity index (χ1v) is 9.42. The normalized spacial score (nSPS) is 13.4. The van der Waals surface area contributed by atoms with Gasteiger partial charge in [-0.05, 0) is 11.6 Å². The van der Waals surface area contributed by atoms with Gasteiger partial charge >= 0.3 is 0 Å². The smallest absolute Gasteiger partial charge is 0.0687 e. The van der Waals surface area contributed by atoms with Crippen molar-refractivity contribution in [1.82, 2.24) is 4.98 Å². The first-order chi connectivity index (χ1) is 7.18. The summed E-state index contributed by atoms with van der Waals surface area (Å²) in [5.41, 5.74) is 4.84. The Morgan fingerprint density at radius 1 is 1.12 bits per heavy atom. The summed E-state index contributed by atoms with van der Waals surface area (Å²) in [5, 5.41) is 0. The quantitative estimate of drug-likeness (QED) is 0.695. The summed E-state index contributed by atoms with van der Waals surface area (Å²) in [5.74, 6) is 0. The Kier molecular flexibility index (Phi) is 3.74. The number of hydrogen-bond acceptors (Lipinski definition) is 1. The number of rotatable bonds is 2. The third-order valence-corrected chi connectivity index (χ3v) is 3.50. The van der Waals surface area contributed by atoms with Gasteiger partial charge in [-0.15, -0.1) is 0 Å². The second-order valence-corrected chi connectivity index (χ2v) is 11.5. The highest BCUT2D eigenvalue weighted by molar-refractivity contribution is 6.81. The lowest BCUT2D eigenvalue weighted by atomic mass is 9.91. The van der Waals surface area contributed by atoms with Gasteiger partial charge in [0.25, 0.3) is 0 Å². The van der Waals surface area contributed by atoms with Crippen LogP contribution in [0.15, 0.2) is 24.0 Å². The number of pyridine rings is 1. The van der Waals surface area contributed by atoms with Crippen LogP contribution in [0.5, 0.6) is 0 Å². The third-order valence-electron chi connectivity index (χ3n) is 2.33. The maximum absolute atomic E-state index is 4.51. The minimum absolute atomic E-state index is 0.140. The Balaban J connectivity index is 2.85. The van der Waals surface area contributed by atoms with E-state index in [1.807, 2.05) is 6.20 Å². The van der Waals surface area contributed by atoms with Crippen LogP contribution >= 0.6 is 0 Å². The van der Waals surface area contributed by atoms with Gasteiger partial charge in [0.15, 0.2) is 0 Å². The van der Waals surface area contributed by atoms with E-state index in [0.29, 0.717) is 0 Å². The Morgan fingerprint density at radius 2 is 1.75 bits per heavy atom. The second-order valence-electron chi connectivity index (χ2n) is 6.43. The van der Waals surface area contributed by atoms with Crippen LogP contribution < -0.4 is 0 Å². The summed E-state index contributed by atoms with van der Waals surface area (Å²) in [7, 11) is -1.10. The summed E-state index contributed by atoms with van der Waals surface area (Å²) >= 11 is 0. The average molecular weight is 233 g/mol. The highest BCUT2D eigenvalue weighted by Gasteiger charge is 2.14. The fourth-order valence-electron chi connectivity index (χ4n) is 1.29. The van der Waals surface area contributed by atoms with E-state index < -0.39 is 8.07 Å². The maximum Gasteiger partial charge on any atom is 0.0687 e. The molecule has 0 fully saturated rings. The summed E-state index contributed by atoms with van der Waals surface area (Å²) < 4.78 is 0. The number of hydrogen-bond donors (Lipinski definition) is 0. The van der Waals surface area contributed by atoms with Gasteiger partial charge in [0.1, 0.15) is 0 Å². The molecule has 16 heavy (non-hydrogen) atoms. The lowest BCUT2D eigenvalue weighted by molar-refractivity contribution is 0.569. The highest BCUT2D eigenvalue weighted by atomic mass is 28.3. The molecule has 1 nitrogen and oxygen atoms in total. The van der Waals surface area contributed by atoms with Crippen molar-refractivity contribution in [2.45, 2.75) is 45.8 Å². The Morgan fingerprint density at radius 3 is 2.12 bits per heavy atom. The largest absolute Gasteiger partial charge is 0.260 e. The van der Waals surface area contributed by atoms with Crippen LogP contribution in [0.2, 0.25) is 19.6 Å². The van der Waals surface area contributed by atoms with Gasteiger partial charge in [-0.3, -0.25) is 4.98 Å². The monoisotopic (exact) mass is 233 g/mol. The Bertz CT molecular complexity index is 363. The predicted octanol–water partition coefficient (Wildman–Crippen LogP) is 4.27. The van der Waals surface area contributed by atoms with E-state index >= 15 is 0 Å². The molecule has 88 valence electrons. The molecule has 0 aliphatic rings. The van der Waals surface area contributed by atoms with Crippen LogP contribution in [0.25, 0.3) is 6.08 Å². The van der Waals surface area contributed by atoms with Crippen molar-refractivity contribution in [3.63, 3.8) is 0 Å². The van der Waals surface area contributed by atoms with E-state index in [0.717, 1.165) is 5.69 Å². The molecule has 1 rings (SSSR count). The van der Waals surface area contributed by atoms with Crippen LogP contribution in [0.3, 0.4) is 0 Å². The summed E-state index contributed by atoms with van der Waals surface area (Å²) in [4.78, 5) is 4.51. The zero-order valence-electron chi connectivity index (χ0n) is 11.3. The Labute approximate surface area is 101 Å². The number of nitrogens with zero attached hydrogens (tertiary/aromatic N) is 1. The van der Waals surface area contributed by atoms with Crippen LogP contribution in [-0.2, 0) is 5.41 Å². The molecule has 2 heteroatoms. The Hall–Kier alpha value is -0.893. The van der Waals surface area contributed by atoms with E-state index in [1.54, 1.807) is 0 Å². The lowest BCUT2D eigenvalue weighted by Crippen LogP contribution is -2.15. The molecule has 0 amide bonds. The average Bonchev–Trinajstić information content (AvgIpc) is 2.13. The molecule has 0 unspecified atom stereocenters. The standard InChI is InChI=1S/C14H23NSi/c1-14(2,3)13-8-7-12(11-15-13)9-10-16(4,5)6/h7-11H,1-6H3/b10-9-. The van der Waals surface area contributed by atoms with Gasteiger partial charge in [-0.25, -0.2) is 0 Å². The molecule has 0 aromatic carbocycles. The van der Waals surface area contributed by atoms with Crippen LogP contribution in [0, 0.1) is 0 Å². The van der Waals surface area contributed by atoms with Crippen LogP contribution in [0.4, 0.5) is 0 Å². The van der Waals surface area contributed by atoms with E-state index in [9.17, 15) is 0 Å². The second kappa shape index (κ2) is 4.54. The zero-order valence-corrected chi connectivity index (χ0v) is 12.3. The zero-order chi connectivity index (χ0) is 12.4. The molecule has 1 aromatic heterocycles. The van der Waals surface area contributed by atoms with E-state index in [-0.39, 0.29) is 5.41 Å². The third kappa shape index (κ3) is 4.31. The molecule has 0 bridgehead atoms. The van der Waals surface area contributed by atoms with Crippen LogP contribution in [-0.4, -0.2) is 13.1 Å². The van der Waals surface area contributed by atoms with Crippen molar-refractivity contribution in [1.29, 1.82) is 0 Å². The molecule has 0 atom stereocenters. The molecule has 0 N–H and O–H groups in total. The molecule has 0 saturated carbocycles. The van der Waals surface area contributed by atoms with Gasteiger partial charge in [0.2, 0.25) is 0 Å². The first kappa shape index (κ1) is 13.2. The van der Waals surface area contributed by atoms with Gasteiger partial charge in [0.05, 0.1) is 8.07 Å². The number of aromatic nitrogens is 1. The molecular formula is C14H23NSi. The molecule has 1 aromatic rings. The SMILES string of the molecule is CC(C)(C)c1ccc(/C=C\[Si](C)(C)C)cn1. The molecule has 0 aliphatic heterocycles. The van der Waals surface area contributed by atoms with Gasteiger partial charge in [0, 0.05) is 17.3 Å². The van der Waals surface area contributed by atoms with E-state index in [1.165, 1.54) is 5.56 Å². The van der Waals surface area contributed by atoms with Gasteiger partial charge < -0.3 is 0 Å². The minimum Gasteiger partial charge on any atom is -0.260 e. The molecule has 0 aliphatic carbocycles. The van der Waals surface area contributed by atoms with Crippen molar-refractivity contribution in [3.05, 3.63) is 35.3 Å². The van der Waals surface area contributed by atoms with E-state index in [2.05, 4.69) is 69.3 Å².